The molecule has 0 aliphatic carbocycles. The Labute approximate surface area is 360 Å². The van der Waals surface area contributed by atoms with Crippen molar-refractivity contribution in [2.45, 2.75) is 70.6 Å². The zero-order chi connectivity index (χ0) is 41.9. The maximum atomic E-state index is 12.7. The van der Waals surface area contributed by atoms with Crippen molar-refractivity contribution in [3.63, 3.8) is 0 Å². The molecule has 310 valence electrons. The average Bonchev–Trinajstić information content (AvgIpc) is 3.32. The Bertz CT molecular complexity index is 2470. The fourth-order valence-electron chi connectivity index (χ4n) is 7.62. The molecular weight excluding hydrogens is 755 g/mol. The van der Waals surface area contributed by atoms with Crippen molar-refractivity contribution >= 4 is 27.5 Å². The van der Waals surface area contributed by atoms with Crippen LogP contribution in [0, 0.1) is 11.3 Å². The number of fused-ring (bicyclic) bond motifs is 3. The van der Waals surface area contributed by atoms with Crippen LogP contribution in [0.1, 0.15) is 86.6 Å². The fraction of sp³-hybridized carbons (Fsp3) is 0.273. The lowest BCUT2D eigenvalue weighted by Crippen LogP contribution is -2.06. The second kappa shape index (κ2) is 22.7. The van der Waals surface area contributed by atoms with Crippen molar-refractivity contribution in [1.29, 1.82) is 5.26 Å². The standard InChI is InChI=1S/C55H55NO5/c56-41-42-20-22-43(23-21-42)45-28-32-49(33-29-45)58-36-12-6-4-2-1-3-5-7-13-39-61-55(57)47-26-24-44(25-27-47)46-30-34-50(35-31-46)59-37-14-15-38-60-54-40-48-16-8-9-17-51(48)52-18-10-11-19-53(52)54/h8-11,16-35,40H,1-7,12-15,36-39H2. The van der Waals surface area contributed by atoms with Crippen LogP contribution in [0.2, 0.25) is 0 Å². The number of hydrogen-bond acceptors (Lipinski definition) is 6. The van der Waals surface area contributed by atoms with E-state index in [2.05, 4.69) is 84.9 Å². The molecule has 0 bridgehead atoms. The molecule has 0 radical (unpaired) electrons. The Balaban J connectivity index is 0.694. The van der Waals surface area contributed by atoms with E-state index in [1.807, 2.05) is 72.8 Å². The third-order valence-corrected chi connectivity index (χ3v) is 11.1. The zero-order valence-electron chi connectivity index (χ0n) is 35.0. The minimum absolute atomic E-state index is 0.268. The number of carbonyl (C=O) groups is 1. The molecule has 0 spiro atoms. The lowest BCUT2D eigenvalue weighted by molar-refractivity contribution is 0.0497. The molecule has 0 heterocycles. The Hall–Kier alpha value is -6.58. The van der Waals surface area contributed by atoms with E-state index < -0.39 is 0 Å². The lowest BCUT2D eigenvalue weighted by Gasteiger charge is -2.12. The summed E-state index contributed by atoms with van der Waals surface area (Å²) in [5, 5.41) is 13.8. The molecule has 0 fully saturated rings. The predicted octanol–water partition coefficient (Wildman–Crippen LogP) is 14.2. The Kier molecular flexibility index (Phi) is 15.8. The summed E-state index contributed by atoms with van der Waals surface area (Å²) in [7, 11) is 0. The van der Waals surface area contributed by atoms with Gasteiger partial charge < -0.3 is 18.9 Å². The summed E-state index contributed by atoms with van der Waals surface area (Å²) < 4.78 is 23.8. The maximum Gasteiger partial charge on any atom is 0.338 e. The van der Waals surface area contributed by atoms with Crippen LogP contribution < -0.4 is 14.2 Å². The number of nitriles is 1. The molecule has 0 aliphatic rings. The van der Waals surface area contributed by atoms with Crippen LogP contribution in [0.15, 0.2) is 152 Å². The molecular formula is C55H55NO5. The number of benzene rings is 7. The topological polar surface area (TPSA) is 77.8 Å². The van der Waals surface area contributed by atoms with Gasteiger partial charge in [-0.1, -0.05) is 142 Å². The van der Waals surface area contributed by atoms with Gasteiger partial charge in [0.05, 0.1) is 43.6 Å². The highest BCUT2D eigenvalue weighted by Gasteiger charge is 2.10. The average molecular weight is 810 g/mol. The van der Waals surface area contributed by atoms with Crippen LogP contribution >= 0.6 is 0 Å². The molecule has 7 aromatic carbocycles. The third-order valence-electron chi connectivity index (χ3n) is 11.1. The van der Waals surface area contributed by atoms with E-state index in [4.69, 9.17) is 24.2 Å². The molecule has 0 N–H and O–H groups in total. The highest BCUT2D eigenvalue weighted by Crippen LogP contribution is 2.33. The highest BCUT2D eigenvalue weighted by atomic mass is 16.5. The number of nitrogens with zero attached hydrogens (tertiary/aromatic N) is 1. The summed E-state index contributed by atoms with van der Waals surface area (Å²) in [6.45, 7) is 2.44. The first-order valence-corrected chi connectivity index (χ1v) is 21.9. The van der Waals surface area contributed by atoms with Gasteiger partial charge in [0.2, 0.25) is 0 Å². The monoisotopic (exact) mass is 809 g/mol. The van der Waals surface area contributed by atoms with Gasteiger partial charge >= 0.3 is 5.97 Å². The Morgan fingerprint density at radius 2 is 0.852 bits per heavy atom. The molecule has 0 saturated heterocycles. The smallest absolute Gasteiger partial charge is 0.338 e. The van der Waals surface area contributed by atoms with E-state index in [1.165, 1.54) is 48.3 Å². The van der Waals surface area contributed by atoms with Gasteiger partial charge in [-0.25, -0.2) is 4.79 Å². The third kappa shape index (κ3) is 12.5. The number of rotatable bonds is 23. The first kappa shape index (κ1) is 42.5. The molecule has 0 atom stereocenters. The van der Waals surface area contributed by atoms with Crippen molar-refractivity contribution in [3.05, 3.63) is 163 Å². The number of ether oxygens (including phenoxy) is 4. The minimum Gasteiger partial charge on any atom is -0.494 e. The quantitative estimate of drug-likeness (QED) is 0.0364. The SMILES string of the molecule is N#Cc1ccc(-c2ccc(OCCCCCCCCCCCOC(=O)c3ccc(-c4ccc(OCCCCOc5cc6ccccc6c6ccccc56)cc4)cc3)cc2)cc1. The van der Waals surface area contributed by atoms with Gasteiger partial charge in [-0.15, -0.1) is 0 Å². The van der Waals surface area contributed by atoms with E-state index in [0.717, 1.165) is 90.0 Å². The molecule has 0 aromatic heterocycles. The van der Waals surface area contributed by atoms with E-state index >= 15 is 0 Å². The van der Waals surface area contributed by atoms with Gasteiger partial charge in [0.1, 0.15) is 17.2 Å². The Morgan fingerprint density at radius 3 is 1.41 bits per heavy atom. The molecule has 6 heteroatoms. The summed E-state index contributed by atoms with van der Waals surface area (Å²) in [5.74, 6) is 2.39. The van der Waals surface area contributed by atoms with Crippen molar-refractivity contribution in [3.8, 4) is 45.6 Å². The van der Waals surface area contributed by atoms with Crippen LogP contribution in [-0.4, -0.2) is 32.4 Å². The van der Waals surface area contributed by atoms with Crippen molar-refractivity contribution in [2.75, 3.05) is 26.4 Å². The Morgan fingerprint density at radius 1 is 0.426 bits per heavy atom. The molecule has 7 aromatic rings. The van der Waals surface area contributed by atoms with Gasteiger partial charge in [0.25, 0.3) is 0 Å². The van der Waals surface area contributed by atoms with Gasteiger partial charge in [0.15, 0.2) is 0 Å². The van der Waals surface area contributed by atoms with Crippen molar-refractivity contribution in [1.82, 2.24) is 0 Å². The second-order valence-corrected chi connectivity index (χ2v) is 15.5. The van der Waals surface area contributed by atoms with Crippen LogP contribution in [0.5, 0.6) is 17.2 Å². The summed E-state index contributed by atoms with van der Waals surface area (Å²) in [4.78, 5) is 12.7. The van der Waals surface area contributed by atoms with E-state index in [9.17, 15) is 4.79 Å². The van der Waals surface area contributed by atoms with Crippen LogP contribution in [0.4, 0.5) is 0 Å². The van der Waals surface area contributed by atoms with Gasteiger partial charge in [-0.2, -0.15) is 5.26 Å². The summed E-state index contributed by atoms with van der Waals surface area (Å²) in [5.41, 5.74) is 5.55. The van der Waals surface area contributed by atoms with E-state index in [-0.39, 0.29) is 5.97 Å². The summed E-state index contributed by atoms with van der Waals surface area (Å²) in [6, 6.07) is 52.7. The zero-order valence-corrected chi connectivity index (χ0v) is 35.0. The van der Waals surface area contributed by atoms with Gasteiger partial charge in [-0.3, -0.25) is 0 Å². The highest BCUT2D eigenvalue weighted by molar-refractivity contribution is 6.10. The van der Waals surface area contributed by atoms with Crippen molar-refractivity contribution in [2.24, 2.45) is 0 Å². The normalized spacial score (nSPS) is 11.0. The lowest BCUT2D eigenvalue weighted by atomic mass is 10.0. The molecule has 0 saturated carbocycles. The van der Waals surface area contributed by atoms with Gasteiger partial charge in [0, 0.05) is 5.39 Å². The van der Waals surface area contributed by atoms with Crippen molar-refractivity contribution < 1.29 is 23.7 Å². The predicted molar refractivity (Wildman–Crippen MR) is 247 cm³/mol. The number of esters is 1. The summed E-state index contributed by atoms with van der Waals surface area (Å²) in [6.07, 6.45) is 12.1. The minimum atomic E-state index is -0.268. The molecule has 0 amide bonds. The molecule has 0 unspecified atom stereocenters. The van der Waals surface area contributed by atoms with Crippen LogP contribution in [-0.2, 0) is 4.74 Å². The van der Waals surface area contributed by atoms with Gasteiger partial charge in [-0.05, 0) is 119 Å². The number of hydrogen-bond donors (Lipinski definition) is 0. The van der Waals surface area contributed by atoms with Crippen LogP contribution in [0.25, 0.3) is 43.8 Å². The first-order valence-electron chi connectivity index (χ1n) is 21.9. The molecule has 0 aliphatic heterocycles. The summed E-state index contributed by atoms with van der Waals surface area (Å²) >= 11 is 0. The number of carbonyl (C=O) groups excluding carboxylic acids is 1. The second-order valence-electron chi connectivity index (χ2n) is 15.5. The first-order chi connectivity index (χ1) is 30.1. The van der Waals surface area contributed by atoms with E-state index in [0.29, 0.717) is 30.9 Å². The van der Waals surface area contributed by atoms with E-state index in [1.54, 1.807) is 0 Å². The largest absolute Gasteiger partial charge is 0.494 e. The number of unbranched alkanes of at least 4 members (excludes halogenated alkanes) is 9. The van der Waals surface area contributed by atoms with Crippen LogP contribution in [0.3, 0.4) is 0 Å². The fourth-order valence-corrected chi connectivity index (χ4v) is 7.62. The maximum absolute atomic E-state index is 12.7. The molecule has 6 nitrogen and oxygen atoms in total. The molecule has 61 heavy (non-hydrogen) atoms. The molecule has 7 rings (SSSR count).